The van der Waals surface area contributed by atoms with Crippen molar-refractivity contribution in [1.82, 2.24) is 24.4 Å². The smallest absolute Gasteiger partial charge is 0.267 e. The highest BCUT2D eigenvalue weighted by Gasteiger charge is 2.18. The standard InChI is InChI=1S/C12H11N5OS/c18-11-8-4-3-5-13-9(8)10-14-15-12-17(10)16(11)6-1-2-7-19-12/h3-5H,1-2,6-7H2. The Balaban J connectivity index is 2.25. The summed E-state index contributed by atoms with van der Waals surface area (Å²) < 4.78 is 3.56. The van der Waals surface area contributed by atoms with Gasteiger partial charge in [0.1, 0.15) is 5.52 Å². The van der Waals surface area contributed by atoms with E-state index in [1.165, 1.54) is 0 Å². The molecule has 4 rings (SSSR count). The van der Waals surface area contributed by atoms with Crippen molar-refractivity contribution < 1.29 is 0 Å². The van der Waals surface area contributed by atoms with Gasteiger partial charge in [-0.2, -0.15) is 0 Å². The van der Waals surface area contributed by atoms with E-state index in [0.29, 0.717) is 23.1 Å². The molecule has 3 aromatic rings. The van der Waals surface area contributed by atoms with Crippen LogP contribution >= 0.6 is 11.8 Å². The van der Waals surface area contributed by atoms with E-state index in [1.807, 2.05) is 4.52 Å². The summed E-state index contributed by atoms with van der Waals surface area (Å²) in [7, 11) is 0. The molecule has 0 radical (unpaired) electrons. The minimum Gasteiger partial charge on any atom is -0.267 e. The van der Waals surface area contributed by atoms with E-state index in [1.54, 1.807) is 34.8 Å². The van der Waals surface area contributed by atoms with Gasteiger partial charge in [-0.15, -0.1) is 10.2 Å². The van der Waals surface area contributed by atoms with Crippen LogP contribution in [-0.2, 0) is 6.54 Å². The molecule has 0 fully saturated rings. The van der Waals surface area contributed by atoms with Crippen LogP contribution in [0.4, 0.5) is 0 Å². The number of hydrogen-bond donors (Lipinski definition) is 0. The van der Waals surface area contributed by atoms with Gasteiger partial charge in [0.05, 0.1) is 5.39 Å². The van der Waals surface area contributed by atoms with E-state index >= 15 is 0 Å². The molecule has 19 heavy (non-hydrogen) atoms. The van der Waals surface area contributed by atoms with Crippen LogP contribution in [0.15, 0.2) is 28.3 Å². The fraction of sp³-hybridized carbons (Fsp3) is 0.333. The van der Waals surface area contributed by atoms with E-state index < -0.39 is 0 Å². The van der Waals surface area contributed by atoms with Gasteiger partial charge in [0, 0.05) is 18.5 Å². The van der Waals surface area contributed by atoms with Crippen LogP contribution in [0.5, 0.6) is 0 Å². The number of thioether (sulfide) groups is 1. The van der Waals surface area contributed by atoms with Gasteiger partial charge in [0.2, 0.25) is 10.8 Å². The van der Waals surface area contributed by atoms with Crippen molar-refractivity contribution in [3.63, 3.8) is 0 Å². The van der Waals surface area contributed by atoms with Crippen LogP contribution in [0, 0.1) is 0 Å². The Hall–Kier alpha value is -1.89. The minimum absolute atomic E-state index is 0.0147. The Morgan fingerprint density at radius 3 is 3.16 bits per heavy atom. The number of aromatic nitrogens is 5. The quantitative estimate of drug-likeness (QED) is 0.618. The van der Waals surface area contributed by atoms with E-state index in [0.717, 1.165) is 23.8 Å². The van der Waals surface area contributed by atoms with E-state index in [2.05, 4.69) is 15.2 Å². The Morgan fingerprint density at radius 1 is 1.26 bits per heavy atom. The Kier molecular flexibility index (Phi) is 2.34. The topological polar surface area (TPSA) is 65.1 Å². The average Bonchev–Trinajstić information content (AvgIpc) is 2.82. The van der Waals surface area contributed by atoms with Crippen molar-refractivity contribution in [2.24, 2.45) is 0 Å². The molecule has 0 N–H and O–H groups in total. The highest BCUT2D eigenvalue weighted by atomic mass is 32.2. The third-order valence-corrected chi connectivity index (χ3v) is 4.34. The summed E-state index contributed by atoms with van der Waals surface area (Å²) in [4.78, 5) is 16.9. The Bertz CT molecular complexity index is 837. The first kappa shape index (κ1) is 11.0. The lowest BCUT2D eigenvalue weighted by atomic mass is 10.3. The highest BCUT2D eigenvalue weighted by molar-refractivity contribution is 7.99. The highest BCUT2D eigenvalue weighted by Crippen LogP contribution is 2.23. The summed E-state index contributed by atoms with van der Waals surface area (Å²) in [5.74, 6) is 1.01. The molecule has 1 aliphatic heterocycles. The van der Waals surface area contributed by atoms with Gasteiger partial charge in [0.15, 0.2) is 0 Å². The zero-order chi connectivity index (χ0) is 12.8. The molecule has 3 aromatic heterocycles. The summed E-state index contributed by atoms with van der Waals surface area (Å²) in [6.45, 7) is 0.700. The lowest BCUT2D eigenvalue weighted by molar-refractivity contribution is 0.494. The predicted molar refractivity (Wildman–Crippen MR) is 72.5 cm³/mol. The van der Waals surface area contributed by atoms with E-state index in [9.17, 15) is 4.79 Å². The number of pyridine rings is 1. The van der Waals surface area contributed by atoms with Crippen molar-refractivity contribution in [3.05, 3.63) is 28.7 Å². The molecule has 0 amide bonds. The zero-order valence-corrected chi connectivity index (χ0v) is 10.9. The maximum absolute atomic E-state index is 12.6. The molecule has 4 heterocycles. The number of rotatable bonds is 0. The molecule has 6 nitrogen and oxygen atoms in total. The number of hydrogen-bond acceptors (Lipinski definition) is 5. The van der Waals surface area contributed by atoms with Gasteiger partial charge < -0.3 is 0 Å². The third kappa shape index (κ3) is 1.51. The summed E-state index contributed by atoms with van der Waals surface area (Å²) in [5.41, 5.74) is 1.28. The van der Waals surface area contributed by atoms with Crippen LogP contribution in [0.1, 0.15) is 12.8 Å². The fourth-order valence-corrected chi connectivity index (χ4v) is 3.37. The lowest BCUT2D eigenvalue weighted by Gasteiger charge is -2.14. The summed E-state index contributed by atoms with van der Waals surface area (Å²) in [6, 6.07) is 3.58. The average molecular weight is 273 g/mol. The largest absolute Gasteiger partial charge is 0.275 e. The van der Waals surface area contributed by atoms with E-state index in [-0.39, 0.29) is 5.56 Å². The molecule has 0 bridgehead atoms. The molecule has 7 heteroatoms. The van der Waals surface area contributed by atoms with Crippen LogP contribution in [0.2, 0.25) is 0 Å². The van der Waals surface area contributed by atoms with Crippen molar-refractivity contribution in [2.45, 2.75) is 24.5 Å². The molecule has 0 atom stereocenters. The summed E-state index contributed by atoms with van der Waals surface area (Å²) >= 11 is 1.64. The second-order valence-corrected chi connectivity index (χ2v) is 5.56. The maximum Gasteiger partial charge on any atom is 0.275 e. The van der Waals surface area contributed by atoms with Crippen LogP contribution < -0.4 is 5.56 Å². The molecule has 96 valence electrons. The van der Waals surface area contributed by atoms with E-state index in [4.69, 9.17) is 0 Å². The van der Waals surface area contributed by atoms with Crippen molar-refractivity contribution >= 4 is 28.3 Å². The molecular weight excluding hydrogens is 262 g/mol. The fourth-order valence-electron chi connectivity index (χ4n) is 2.44. The normalized spacial score (nSPS) is 15.6. The SMILES string of the molecule is O=c1c2cccnc2c2nnc3n2n1CCCCS3. The van der Waals surface area contributed by atoms with Crippen molar-refractivity contribution in [2.75, 3.05) is 5.75 Å². The van der Waals surface area contributed by atoms with Gasteiger partial charge in [-0.25, -0.2) is 9.20 Å². The first-order valence-electron chi connectivity index (χ1n) is 6.22. The molecule has 0 aromatic carbocycles. The maximum atomic E-state index is 12.6. The lowest BCUT2D eigenvalue weighted by Crippen LogP contribution is -2.28. The summed E-state index contributed by atoms with van der Waals surface area (Å²) in [5, 5.41) is 9.80. The molecule has 0 aliphatic carbocycles. The summed E-state index contributed by atoms with van der Waals surface area (Å²) in [6.07, 6.45) is 3.75. The van der Waals surface area contributed by atoms with Crippen molar-refractivity contribution in [3.8, 4) is 0 Å². The Morgan fingerprint density at radius 2 is 2.21 bits per heavy atom. The molecule has 0 unspecified atom stereocenters. The third-order valence-electron chi connectivity index (χ3n) is 3.33. The Labute approximate surface area is 112 Å². The number of fused-ring (bicyclic) bond motifs is 2. The first-order valence-corrected chi connectivity index (χ1v) is 7.20. The first-order chi connectivity index (χ1) is 9.36. The van der Waals surface area contributed by atoms with Crippen LogP contribution in [0.3, 0.4) is 0 Å². The van der Waals surface area contributed by atoms with Gasteiger partial charge in [0.25, 0.3) is 5.56 Å². The molecular formula is C12H11N5OS. The van der Waals surface area contributed by atoms with Gasteiger partial charge in [-0.3, -0.25) is 9.78 Å². The monoisotopic (exact) mass is 273 g/mol. The van der Waals surface area contributed by atoms with Gasteiger partial charge >= 0.3 is 0 Å². The molecule has 1 aliphatic rings. The minimum atomic E-state index is -0.0147. The van der Waals surface area contributed by atoms with Crippen molar-refractivity contribution in [1.29, 1.82) is 0 Å². The van der Waals surface area contributed by atoms with Gasteiger partial charge in [-0.1, -0.05) is 11.8 Å². The molecule has 0 saturated heterocycles. The molecule has 0 spiro atoms. The molecule has 0 saturated carbocycles. The number of aryl methyl sites for hydroxylation is 1. The predicted octanol–water partition coefficient (Wildman–Crippen LogP) is 1.33. The zero-order valence-electron chi connectivity index (χ0n) is 10.1. The second kappa shape index (κ2) is 4.06. The second-order valence-electron chi connectivity index (χ2n) is 4.50. The van der Waals surface area contributed by atoms with Crippen LogP contribution in [-0.4, -0.2) is 30.1 Å². The van der Waals surface area contributed by atoms with Gasteiger partial charge in [-0.05, 0) is 25.0 Å². The van der Waals surface area contributed by atoms with Crippen LogP contribution in [0.25, 0.3) is 16.6 Å². The number of nitrogens with zero attached hydrogens (tertiary/aromatic N) is 5.